The first-order valence-electron chi connectivity index (χ1n) is 14.1. The number of alkyl carbamates (subject to hydrolysis) is 1. The Bertz CT molecular complexity index is 993. The van der Waals surface area contributed by atoms with E-state index in [9.17, 15) is 14.4 Å². The number of unbranched alkanes of at least 4 members (excludes halogenated alkanes) is 1. The van der Waals surface area contributed by atoms with Crippen molar-refractivity contribution >= 4 is 18.0 Å². The normalized spacial score (nSPS) is 13.4. The maximum absolute atomic E-state index is 12.1. The highest BCUT2D eigenvalue weighted by molar-refractivity contribution is 5.71. The van der Waals surface area contributed by atoms with Gasteiger partial charge in [0, 0.05) is 25.8 Å². The molecule has 0 saturated heterocycles. The van der Waals surface area contributed by atoms with Gasteiger partial charge in [-0.05, 0) is 50.5 Å². The maximum atomic E-state index is 12.1. The zero-order chi connectivity index (χ0) is 29.3. The van der Waals surface area contributed by atoms with E-state index in [-0.39, 0.29) is 19.4 Å². The summed E-state index contributed by atoms with van der Waals surface area (Å²) in [4.78, 5) is 35.3. The SMILES string of the molecule is CC/C=C\C/C=C\C/C=C\C/C=C\C/C=C\CCCC(=O)OC(C)OC(=O)NCC(CC(=O)O)c1ccccc1. The number of nitrogens with one attached hydrogen (secondary N) is 1. The van der Waals surface area contributed by atoms with Gasteiger partial charge in [-0.25, -0.2) is 4.79 Å². The second-order valence-electron chi connectivity index (χ2n) is 9.15. The molecule has 7 nitrogen and oxygen atoms in total. The lowest BCUT2D eigenvalue weighted by molar-refractivity contribution is -0.165. The number of hydrogen-bond acceptors (Lipinski definition) is 5. The summed E-state index contributed by atoms with van der Waals surface area (Å²) in [6.45, 7) is 3.69. The van der Waals surface area contributed by atoms with Crippen molar-refractivity contribution in [2.75, 3.05) is 6.54 Å². The molecule has 0 bridgehead atoms. The van der Waals surface area contributed by atoms with Crippen LogP contribution in [0.25, 0.3) is 0 Å². The van der Waals surface area contributed by atoms with Crippen LogP contribution in [-0.4, -0.2) is 36.0 Å². The molecule has 7 heteroatoms. The number of carbonyl (C=O) groups is 3. The molecule has 0 aliphatic carbocycles. The summed E-state index contributed by atoms with van der Waals surface area (Å²) in [6, 6.07) is 9.08. The van der Waals surface area contributed by atoms with Crippen molar-refractivity contribution in [3.63, 3.8) is 0 Å². The fourth-order valence-corrected chi connectivity index (χ4v) is 3.64. The number of aliphatic carboxylic acids is 1. The number of benzene rings is 1. The van der Waals surface area contributed by atoms with Crippen LogP contribution in [-0.2, 0) is 19.1 Å². The summed E-state index contributed by atoms with van der Waals surface area (Å²) in [7, 11) is 0. The summed E-state index contributed by atoms with van der Waals surface area (Å²) < 4.78 is 10.2. The third kappa shape index (κ3) is 19.2. The second-order valence-corrected chi connectivity index (χ2v) is 9.15. The Hall–Kier alpha value is -3.87. The Morgan fingerprint density at radius 1 is 0.825 bits per heavy atom. The van der Waals surface area contributed by atoms with Crippen LogP contribution < -0.4 is 5.32 Å². The van der Waals surface area contributed by atoms with Crippen molar-refractivity contribution in [3.8, 4) is 0 Å². The van der Waals surface area contributed by atoms with Crippen molar-refractivity contribution in [3.05, 3.63) is 96.7 Å². The summed E-state index contributed by atoms with van der Waals surface area (Å²) in [5.41, 5.74) is 0.803. The van der Waals surface area contributed by atoms with Crippen LogP contribution in [0.5, 0.6) is 0 Å². The Labute approximate surface area is 239 Å². The van der Waals surface area contributed by atoms with Crippen LogP contribution in [0, 0.1) is 0 Å². The van der Waals surface area contributed by atoms with Crippen LogP contribution in [0.4, 0.5) is 4.79 Å². The van der Waals surface area contributed by atoms with E-state index in [4.69, 9.17) is 14.6 Å². The molecule has 2 atom stereocenters. The molecule has 2 N–H and O–H groups in total. The fraction of sp³-hybridized carbons (Fsp3) is 0.424. The number of allylic oxidation sites excluding steroid dienone is 10. The molecule has 218 valence electrons. The van der Waals surface area contributed by atoms with E-state index in [0.717, 1.165) is 44.1 Å². The Kier molecular flexibility index (Phi) is 19.7. The summed E-state index contributed by atoms with van der Waals surface area (Å²) >= 11 is 0. The van der Waals surface area contributed by atoms with Gasteiger partial charge in [0.15, 0.2) is 0 Å². The number of carboxylic acids is 1. The van der Waals surface area contributed by atoms with E-state index < -0.39 is 30.2 Å². The Morgan fingerprint density at radius 3 is 1.93 bits per heavy atom. The van der Waals surface area contributed by atoms with Crippen molar-refractivity contribution in [2.24, 2.45) is 0 Å². The van der Waals surface area contributed by atoms with Gasteiger partial charge in [-0.2, -0.15) is 0 Å². The monoisotopic (exact) mass is 551 g/mol. The Morgan fingerprint density at radius 2 is 1.38 bits per heavy atom. The molecular weight excluding hydrogens is 506 g/mol. The first-order chi connectivity index (χ1) is 19.4. The molecule has 0 aliphatic heterocycles. The lowest BCUT2D eigenvalue weighted by atomic mass is 9.96. The molecule has 2 unspecified atom stereocenters. The van der Waals surface area contributed by atoms with E-state index in [1.54, 1.807) is 0 Å². The molecule has 1 rings (SSSR count). The van der Waals surface area contributed by atoms with Gasteiger partial charge in [-0.3, -0.25) is 9.59 Å². The standard InChI is InChI=1S/C33H45NO6/c1-3-4-5-6-7-8-9-10-11-12-13-14-15-16-17-18-22-25-32(37)39-28(2)40-33(38)34-27-30(26-31(35)36)29-23-20-19-21-24-29/h4-5,7-8,10-11,13-14,16-17,19-21,23-24,28,30H,3,6,9,12,15,18,22,25-27H2,1-2H3,(H,34,38)(H,35,36)/b5-4-,8-7-,11-10-,14-13-,17-16-. The van der Waals surface area contributed by atoms with Gasteiger partial charge in [-0.1, -0.05) is 98.0 Å². The number of rotatable bonds is 20. The molecule has 0 aromatic heterocycles. The second kappa shape index (κ2) is 23.1. The summed E-state index contributed by atoms with van der Waals surface area (Å²) in [6.07, 6.45) is 25.9. The Balaban J connectivity index is 2.14. The minimum Gasteiger partial charge on any atom is -0.481 e. The smallest absolute Gasteiger partial charge is 0.410 e. The van der Waals surface area contributed by atoms with Gasteiger partial charge in [0.05, 0.1) is 6.42 Å². The molecule has 1 aromatic carbocycles. The number of esters is 1. The average Bonchev–Trinajstić information content (AvgIpc) is 2.93. The molecule has 0 heterocycles. The topological polar surface area (TPSA) is 102 Å². The van der Waals surface area contributed by atoms with Crippen LogP contribution in [0.3, 0.4) is 0 Å². The quantitative estimate of drug-likeness (QED) is 0.0742. The minimum atomic E-state index is -1.05. The number of hydrogen-bond donors (Lipinski definition) is 2. The average molecular weight is 552 g/mol. The zero-order valence-corrected chi connectivity index (χ0v) is 23.9. The molecule has 40 heavy (non-hydrogen) atoms. The highest BCUT2D eigenvalue weighted by Gasteiger charge is 2.19. The van der Waals surface area contributed by atoms with Crippen molar-refractivity contribution in [1.29, 1.82) is 0 Å². The molecule has 1 aromatic rings. The van der Waals surface area contributed by atoms with E-state index in [0.29, 0.717) is 6.42 Å². The van der Waals surface area contributed by atoms with Crippen LogP contribution in [0.2, 0.25) is 0 Å². The molecule has 0 fully saturated rings. The third-order valence-corrected chi connectivity index (χ3v) is 5.66. The first kappa shape index (κ1) is 34.2. The van der Waals surface area contributed by atoms with Crippen molar-refractivity contribution in [1.82, 2.24) is 5.32 Å². The molecule has 0 spiro atoms. The highest BCUT2D eigenvalue weighted by Crippen LogP contribution is 2.18. The van der Waals surface area contributed by atoms with Crippen LogP contribution in [0.1, 0.15) is 83.1 Å². The fourth-order valence-electron chi connectivity index (χ4n) is 3.64. The summed E-state index contributed by atoms with van der Waals surface area (Å²) in [5, 5.41) is 11.7. The largest absolute Gasteiger partial charge is 0.481 e. The van der Waals surface area contributed by atoms with Gasteiger partial charge in [-0.15, -0.1) is 0 Å². The molecule has 1 amide bonds. The van der Waals surface area contributed by atoms with Gasteiger partial charge in [0.1, 0.15) is 0 Å². The first-order valence-corrected chi connectivity index (χ1v) is 14.1. The number of carbonyl (C=O) groups excluding carboxylic acids is 2. The van der Waals surface area contributed by atoms with Crippen LogP contribution >= 0.6 is 0 Å². The maximum Gasteiger partial charge on any atom is 0.410 e. The number of ether oxygens (including phenoxy) is 2. The van der Waals surface area contributed by atoms with Gasteiger partial charge in [0.2, 0.25) is 6.29 Å². The van der Waals surface area contributed by atoms with E-state index in [1.165, 1.54) is 6.92 Å². The van der Waals surface area contributed by atoms with E-state index >= 15 is 0 Å². The van der Waals surface area contributed by atoms with Gasteiger partial charge in [0.25, 0.3) is 0 Å². The number of carboxylic acid groups (broad SMARTS) is 1. The molecule has 0 radical (unpaired) electrons. The molecular formula is C33H45NO6. The van der Waals surface area contributed by atoms with Crippen molar-refractivity contribution in [2.45, 2.75) is 83.8 Å². The molecule has 0 aliphatic rings. The van der Waals surface area contributed by atoms with Crippen molar-refractivity contribution < 1.29 is 29.0 Å². The van der Waals surface area contributed by atoms with Crippen LogP contribution in [0.15, 0.2) is 91.1 Å². The van der Waals surface area contributed by atoms with E-state index in [2.05, 4.69) is 66.9 Å². The third-order valence-electron chi connectivity index (χ3n) is 5.66. The lowest BCUT2D eigenvalue weighted by Crippen LogP contribution is -2.33. The zero-order valence-electron chi connectivity index (χ0n) is 23.9. The van der Waals surface area contributed by atoms with Gasteiger partial charge < -0.3 is 19.9 Å². The molecule has 0 saturated carbocycles. The number of amides is 1. The highest BCUT2D eigenvalue weighted by atomic mass is 16.7. The minimum absolute atomic E-state index is 0.0864. The predicted octanol–water partition coefficient (Wildman–Crippen LogP) is 7.78. The van der Waals surface area contributed by atoms with E-state index in [1.807, 2.05) is 36.4 Å². The lowest BCUT2D eigenvalue weighted by Gasteiger charge is -2.18. The predicted molar refractivity (Wildman–Crippen MR) is 160 cm³/mol. The van der Waals surface area contributed by atoms with Gasteiger partial charge >= 0.3 is 18.0 Å². The summed E-state index contributed by atoms with van der Waals surface area (Å²) in [5.74, 6) is -1.81.